The maximum absolute atomic E-state index is 11.1. The number of nitrogens with zero attached hydrogens (tertiary/aromatic N) is 2. The van der Waals surface area contributed by atoms with Crippen LogP contribution in [0.5, 0.6) is 0 Å². The van der Waals surface area contributed by atoms with Gasteiger partial charge in [0.05, 0.1) is 6.20 Å². The Labute approximate surface area is 89.7 Å². The minimum Gasteiger partial charge on any atom is -0.355 e. The molecule has 2 heterocycles. The molecule has 1 aromatic heterocycles. The molecule has 1 saturated heterocycles. The molecule has 4 nitrogen and oxygen atoms in total. The maximum Gasteiger partial charge on any atom is 0.220 e. The Morgan fingerprint density at radius 1 is 1.67 bits per heavy atom. The van der Waals surface area contributed by atoms with E-state index in [-0.39, 0.29) is 11.3 Å². The molecule has 1 amide bonds. The minimum atomic E-state index is 0.0569. The van der Waals surface area contributed by atoms with Crippen molar-refractivity contribution in [2.45, 2.75) is 38.6 Å². The van der Waals surface area contributed by atoms with Gasteiger partial charge in [-0.25, -0.2) is 0 Å². The molecule has 0 aromatic carbocycles. The summed E-state index contributed by atoms with van der Waals surface area (Å²) in [5, 5.41) is 7.20. The molecular weight excluding hydrogens is 190 g/mol. The first-order valence-corrected chi connectivity index (χ1v) is 5.44. The molecule has 1 N–H and O–H groups in total. The van der Waals surface area contributed by atoms with Gasteiger partial charge < -0.3 is 5.32 Å². The summed E-state index contributed by atoms with van der Waals surface area (Å²) in [6.45, 7) is 5.87. The van der Waals surface area contributed by atoms with Crippen molar-refractivity contribution in [2.24, 2.45) is 0 Å². The molecule has 0 spiro atoms. The Balaban J connectivity index is 2.18. The van der Waals surface area contributed by atoms with Gasteiger partial charge in [0.1, 0.15) is 0 Å². The highest BCUT2D eigenvalue weighted by Gasteiger charge is 2.32. The van der Waals surface area contributed by atoms with Crippen molar-refractivity contribution in [3.8, 4) is 0 Å². The number of aromatic nitrogens is 2. The summed E-state index contributed by atoms with van der Waals surface area (Å²) in [6, 6.07) is 0. The largest absolute Gasteiger partial charge is 0.355 e. The molecule has 0 aliphatic carbocycles. The predicted molar refractivity (Wildman–Crippen MR) is 57.5 cm³/mol. The van der Waals surface area contributed by atoms with E-state index in [1.54, 1.807) is 0 Å². The third kappa shape index (κ3) is 1.89. The van der Waals surface area contributed by atoms with E-state index in [9.17, 15) is 4.79 Å². The topological polar surface area (TPSA) is 46.9 Å². The van der Waals surface area contributed by atoms with Gasteiger partial charge in [-0.1, -0.05) is 6.92 Å². The summed E-state index contributed by atoms with van der Waals surface area (Å²) < 4.78 is 1.93. The molecule has 82 valence electrons. The average Bonchev–Trinajstić information content (AvgIpc) is 2.72. The van der Waals surface area contributed by atoms with Crippen LogP contribution in [-0.4, -0.2) is 22.2 Å². The summed E-state index contributed by atoms with van der Waals surface area (Å²) in [5.41, 5.74) is 1.28. The van der Waals surface area contributed by atoms with Crippen LogP contribution in [-0.2, 0) is 16.8 Å². The van der Waals surface area contributed by atoms with Crippen molar-refractivity contribution in [1.29, 1.82) is 0 Å². The standard InChI is InChI=1S/C11H17N3O/c1-3-14-7-9(6-13-14)11(2)5-4-10(15)12-8-11/h6-7H,3-5,8H2,1-2H3,(H,12,15). The maximum atomic E-state index is 11.1. The van der Waals surface area contributed by atoms with Gasteiger partial charge in [-0.2, -0.15) is 5.10 Å². The fourth-order valence-electron chi connectivity index (χ4n) is 1.95. The lowest BCUT2D eigenvalue weighted by molar-refractivity contribution is -0.123. The van der Waals surface area contributed by atoms with E-state index in [4.69, 9.17) is 0 Å². The van der Waals surface area contributed by atoms with E-state index in [0.717, 1.165) is 19.5 Å². The molecule has 1 aliphatic heterocycles. The molecule has 0 saturated carbocycles. The van der Waals surface area contributed by atoms with Gasteiger partial charge >= 0.3 is 0 Å². The highest BCUT2D eigenvalue weighted by molar-refractivity contribution is 5.77. The molecular formula is C11H17N3O. The zero-order valence-electron chi connectivity index (χ0n) is 9.29. The second-order valence-electron chi connectivity index (χ2n) is 4.42. The molecule has 1 aliphatic rings. The zero-order valence-corrected chi connectivity index (χ0v) is 9.29. The molecule has 1 aromatic rings. The van der Waals surface area contributed by atoms with Crippen molar-refractivity contribution >= 4 is 5.91 Å². The van der Waals surface area contributed by atoms with Gasteiger partial charge in [-0.05, 0) is 18.9 Å². The Kier molecular flexibility index (Phi) is 2.50. The van der Waals surface area contributed by atoms with Crippen LogP contribution in [0.3, 0.4) is 0 Å². The first-order valence-electron chi connectivity index (χ1n) is 5.44. The van der Waals surface area contributed by atoms with Gasteiger partial charge in [0, 0.05) is 31.1 Å². The Morgan fingerprint density at radius 2 is 2.47 bits per heavy atom. The average molecular weight is 207 g/mol. The van der Waals surface area contributed by atoms with Gasteiger partial charge in [0.15, 0.2) is 0 Å². The van der Waals surface area contributed by atoms with Crippen molar-refractivity contribution in [2.75, 3.05) is 6.54 Å². The van der Waals surface area contributed by atoms with E-state index in [2.05, 4.69) is 30.5 Å². The number of hydrogen-bond acceptors (Lipinski definition) is 2. The quantitative estimate of drug-likeness (QED) is 0.788. The normalized spacial score (nSPS) is 26.4. The summed E-state index contributed by atoms with van der Waals surface area (Å²) in [5.74, 6) is 0.162. The fraction of sp³-hybridized carbons (Fsp3) is 0.636. The van der Waals surface area contributed by atoms with Gasteiger partial charge in [0.2, 0.25) is 5.91 Å². The molecule has 15 heavy (non-hydrogen) atoms. The number of amides is 1. The second kappa shape index (κ2) is 3.68. The van der Waals surface area contributed by atoms with Crippen LogP contribution in [0, 0.1) is 0 Å². The summed E-state index contributed by atoms with van der Waals surface area (Å²) in [7, 11) is 0. The predicted octanol–water partition coefficient (Wildman–Crippen LogP) is 1.07. The van der Waals surface area contributed by atoms with Crippen LogP contribution < -0.4 is 5.32 Å². The highest BCUT2D eigenvalue weighted by atomic mass is 16.1. The molecule has 1 atom stereocenters. The lowest BCUT2D eigenvalue weighted by atomic mass is 9.78. The number of carbonyl (C=O) groups excluding carboxylic acids is 1. The van der Waals surface area contributed by atoms with E-state index >= 15 is 0 Å². The van der Waals surface area contributed by atoms with E-state index in [0.29, 0.717) is 6.42 Å². The highest BCUT2D eigenvalue weighted by Crippen LogP contribution is 2.30. The van der Waals surface area contributed by atoms with Crippen LogP contribution in [0.25, 0.3) is 0 Å². The molecule has 1 unspecified atom stereocenters. The van der Waals surface area contributed by atoms with Crippen molar-refractivity contribution < 1.29 is 4.79 Å². The monoisotopic (exact) mass is 207 g/mol. The zero-order chi connectivity index (χ0) is 10.9. The number of carbonyl (C=O) groups is 1. The first-order chi connectivity index (χ1) is 7.14. The Bertz CT molecular complexity index is 360. The molecule has 2 rings (SSSR count). The lowest BCUT2D eigenvalue weighted by Crippen LogP contribution is -2.44. The van der Waals surface area contributed by atoms with Crippen LogP contribution in [0.4, 0.5) is 0 Å². The van der Waals surface area contributed by atoms with Gasteiger partial charge in [-0.15, -0.1) is 0 Å². The number of hydrogen-bond donors (Lipinski definition) is 1. The van der Waals surface area contributed by atoms with Crippen LogP contribution in [0.2, 0.25) is 0 Å². The minimum absolute atomic E-state index is 0.0569. The Morgan fingerprint density at radius 3 is 3.00 bits per heavy atom. The van der Waals surface area contributed by atoms with Gasteiger partial charge in [-0.3, -0.25) is 9.48 Å². The summed E-state index contributed by atoms with van der Waals surface area (Å²) >= 11 is 0. The smallest absolute Gasteiger partial charge is 0.220 e. The third-order valence-corrected chi connectivity index (χ3v) is 3.23. The summed E-state index contributed by atoms with van der Waals surface area (Å²) in [4.78, 5) is 11.1. The number of nitrogens with one attached hydrogen (secondary N) is 1. The number of rotatable bonds is 2. The van der Waals surface area contributed by atoms with E-state index in [1.807, 2.05) is 10.9 Å². The van der Waals surface area contributed by atoms with Crippen LogP contribution >= 0.6 is 0 Å². The molecule has 1 fully saturated rings. The molecule has 0 radical (unpaired) electrons. The summed E-state index contributed by atoms with van der Waals surface area (Å²) in [6.07, 6.45) is 5.53. The first kappa shape index (κ1) is 10.2. The fourth-order valence-corrected chi connectivity index (χ4v) is 1.95. The van der Waals surface area contributed by atoms with E-state index in [1.165, 1.54) is 5.56 Å². The second-order valence-corrected chi connectivity index (χ2v) is 4.42. The molecule has 0 bridgehead atoms. The van der Waals surface area contributed by atoms with Crippen LogP contribution in [0.1, 0.15) is 32.3 Å². The number of piperidine rings is 1. The van der Waals surface area contributed by atoms with Crippen molar-refractivity contribution in [3.63, 3.8) is 0 Å². The van der Waals surface area contributed by atoms with Crippen molar-refractivity contribution in [1.82, 2.24) is 15.1 Å². The van der Waals surface area contributed by atoms with Crippen LogP contribution in [0.15, 0.2) is 12.4 Å². The third-order valence-electron chi connectivity index (χ3n) is 3.23. The lowest BCUT2D eigenvalue weighted by Gasteiger charge is -2.32. The van der Waals surface area contributed by atoms with Gasteiger partial charge in [0.25, 0.3) is 0 Å². The number of aryl methyl sites for hydroxylation is 1. The van der Waals surface area contributed by atoms with Crippen molar-refractivity contribution in [3.05, 3.63) is 18.0 Å². The SMILES string of the molecule is CCn1cc(C2(C)CCC(=O)NC2)cn1. The Hall–Kier alpha value is -1.32. The molecule has 4 heteroatoms. The van der Waals surface area contributed by atoms with E-state index < -0.39 is 0 Å².